The number of H-pyrrole nitrogens is 1. The molecule has 0 spiro atoms. The number of aromatic amines is 1. The number of anilines is 1. The Bertz CT molecular complexity index is 1210. The zero-order chi connectivity index (χ0) is 21.1. The summed E-state index contributed by atoms with van der Waals surface area (Å²) in [6, 6.07) is 16.2. The van der Waals surface area contributed by atoms with E-state index in [2.05, 4.69) is 20.4 Å². The highest BCUT2D eigenvalue weighted by molar-refractivity contribution is 5.95. The van der Waals surface area contributed by atoms with Crippen LogP contribution in [0.5, 0.6) is 0 Å². The van der Waals surface area contributed by atoms with E-state index in [9.17, 15) is 9.59 Å². The molecule has 2 N–H and O–H groups in total. The number of aromatic nitrogens is 4. The molecule has 0 aliphatic rings. The SMILES string of the molecule is CCC(C(=O)Nc1cc(-c2ccco2)nn1-c1nc(C)cc(=O)[nH]1)c1ccccc1. The molecule has 4 aromatic rings. The number of aryl methyl sites for hydroxylation is 1. The van der Waals surface area contributed by atoms with Gasteiger partial charge in [-0.05, 0) is 31.0 Å². The van der Waals surface area contributed by atoms with E-state index in [1.54, 1.807) is 31.4 Å². The summed E-state index contributed by atoms with van der Waals surface area (Å²) in [5.41, 5.74) is 1.67. The largest absolute Gasteiger partial charge is 0.463 e. The van der Waals surface area contributed by atoms with Gasteiger partial charge in [-0.25, -0.2) is 4.98 Å². The van der Waals surface area contributed by atoms with E-state index in [-0.39, 0.29) is 23.3 Å². The van der Waals surface area contributed by atoms with Gasteiger partial charge >= 0.3 is 0 Å². The number of nitrogens with zero attached hydrogens (tertiary/aromatic N) is 3. The van der Waals surface area contributed by atoms with Crippen LogP contribution in [0.3, 0.4) is 0 Å². The predicted molar refractivity (Wildman–Crippen MR) is 113 cm³/mol. The molecule has 1 aromatic carbocycles. The van der Waals surface area contributed by atoms with Crippen LogP contribution >= 0.6 is 0 Å². The summed E-state index contributed by atoms with van der Waals surface area (Å²) < 4.78 is 6.84. The summed E-state index contributed by atoms with van der Waals surface area (Å²) in [5.74, 6) is 0.627. The van der Waals surface area contributed by atoms with Crippen LogP contribution in [0.2, 0.25) is 0 Å². The summed E-state index contributed by atoms with van der Waals surface area (Å²) in [6.45, 7) is 3.68. The van der Waals surface area contributed by atoms with Crippen LogP contribution < -0.4 is 10.9 Å². The second kappa shape index (κ2) is 8.20. The first kappa shape index (κ1) is 19.4. The van der Waals surface area contributed by atoms with Crippen molar-refractivity contribution in [2.75, 3.05) is 5.32 Å². The van der Waals surface area contributed by atoms with Crippen LogP contribution in [-0.2, 0) is 4.79 Å². The minimum absolute atomic E-state index is 0.175. The minimum atomic E-state index is -0.328. The highest BCUT2D eigenvalue weighted by Crippen LogP contribution is 2.26. The number of hydrogen-bond donors (Lipinski definition) is 2. The van der Waals surface area contributed by atoms with Gasteiger partial charge in [-0.1, -0.05) is 37.3 Å². The molecule has 4 rings (SSSR count). The van der Waals surface area contributed by atoms with Crippen molar-refractivity contribution >= 4 is 11.7 Å². The second-order valence-corrected chi connectivity index (χ2v) is 6.88. The molecule has 3 heterocycles. The molecule has 152 valence electrons. The van der Waals surface area contributed by atoms with Gasteiger partial charge in [0.25, 0.3) is 5.56 Å². The van der Waals surface area contributed by atoms with E-state index in [0.29, 0.717) is 29.4 Å². The van der Waals surface area contributed by atoms with E-state index in [4.69, 9.17) is 4.42 Å². The van der Waals surface area contributed by atoms with Crippen molar-refractivity contribution in [1.29, 1.82) is 0 Å². The van der Waals surface area contributed by atoms with Gasteiger partial charge in [0, 0.05) is 17.8 Å². The highest BCUT2D eigenvalue weighted by Gasteiger charge is 2.22. The Morgan fingerprint density at radius 2 is 2.00 bits per heavy atom. The van der Waals surface area contributed by atoms with Gasteiger partial charge in [0.05, 0.1) is 12.2 Å². The van der Waals surface area contributed by atoms with E-state index >= 15 is 0 Å². The summed E-state index contributed by atoms with van der Waals surface area (Å²) >= 11 is 0. The monoisotopic (exact) mass is 403 g/mol. The lowest BCUT2D eigenvalue weighted by atomic mass is 9.96. The smallest absolute Gasteiger partial charge is 0.252 e. The topological polar surface area (TPSA) is 106 Å². The van der Waals surface area contributed by atoms with Crippen molar-refractivity contribution in [3.63, 3.8) is 0 Å². The lowest BCUT2D eigenvalue weighted by Gasteiger charge is -2.15. The van der Waals surface area contributed by atoms with E-state index in [0.717, 1.165) is 5.56 Å². The highest BCUT2D eigenvalue weighted by atomic mass is 16.3. The number of hydrogen-bond acceptors (Lipinski definition) is 5. The number of rotatable bonds is 6. The van der Waals surface area contributed by atoms with Crippen LogP contribution in [-0.4, -0.2) is 25.7 Å². The Labute approximate surface area is 172 Å². The first-order valence-electron chi connectivity index (χ1n) is 9.63. The number of carbonyl (C=O) groups is 1. The third-order valence-electron chi connectivity index (χ3n) is 4.72. The van der Waals surface area contributed by atoms with Gasteiger partial charge in [0.2, 0.25) is 11.9 Å². The van der Waals surface area contributed by atoms with Crippen LogP contribution in [0.15, 0.2) is 70.1 Å². The van der Waals surface area contributed by atoms with Crippen LogP contribution in [0.4, 0.5) is 5.82 Å². The molecule has 0 saturated heterocycles. The average molecular weight is 403 g/mol. The number of nitrogens with one attached hydrogen (secondary N) is 2. The molecule has 3 aromatic heterocycles. The van der Waals surface area contributed by atoms with Crippen molar-refractivity contribution in [3.8, 4) is 17.4 Å². The van der Waals surface area contributed by atoms with Gasteiger partial charge in [-0.3, -0.25) is 14.6 Å². The molecular weight excluding hydrogens is 382 g/mol. The Morgan fingerprint density at radius 3 is 2.67 bits per heavy atom. The maximum Gasteiger partial charge on any atom is 0.252 e. The van der Waals surface area contributed by atoms with Gasteiger partial charge in [0.15, 0.2) is 5.76 Å². The average Bonchev–Trinajstić information content (AvgIpc) is 3.38. The fourth-order valence-electron chi connectivity index (χ4n) is 3.31. The third kappa shape index (κ3) is 3.93. The number of benzene rings is 1. The lowest BCUT2D eigenvalue weighted by Crippen LogP contribution is -2.23. The Balaban J connectivity index is 1.74. The van der Waals surface area contributed by atoms with Crippen LogP contribution in [0, 0.1) is 6.92 Å². The van der Waals surface area contributed by atoms with Crippen molar-refractivity contribution in [1.82, 2.24) is 19.7 Å². The van der Waals surface area contributed by atoms with E-state index in [1.807, 2.05) is 37.3 Å². The fourth-order valence-corrected chi connectivity index (χ4v) is 3.31. The molecule has 1 amide bonds. The van der Waals surface area contributed by atoms with Crippen molar-refractivity contribution in [2.24, 2.45) is 0 Å². The van der Waals surface area contributed by atoms with Crippen molar-refractivity contribution in [3.05, 3.63) is 82.5 Å². The molecule has 0 saturated carbocycles. The molecule has 8 nitrogen and oxygen atoms in total. The van der Waals surface area contributed by atoms with Crippen molar-refractivity contribution < 1.29 is 9.21 Å². The quantitative estimate of drug-likeness (QED) is 0.511. The Hall–Kier alpha value is -3.94. The fraction of sp³-hybridized carbons (Fsp3) is 0.182. The van der Waals surface area contributed by atoms with Crippen LogP contribution in [0.25, 0.3) is 17.4 Å². The predicted octanol–water partition coefficient (Wildman–Crippen LogP) is 3.66. The van der Waals surface area contributed by atoms with Gasteiger partial charge in [0.1, 0.15) is 11.5 Å². The van der Waals surface area contributed by atoms with Gasteiger partial charge < -0.3 is 9.73 Å². The normalized spacial score (nSPS) is 11.9. The van der Waals surface area contributed by atoms with Crippen molar-refractivity contribution in [2.45, 2.75) is 26.2 Å². The second-order valence-electron chi connectivity index (χ2n) is 6.88. The number of amides is 1. The molecule has 30 heavy (non-hydrogen) atoms. The molecule has 0 radical (unpaired) electrons. The third-order valence-corrected chi connectivity index (χ3v) is 4.72. The number of carbonyl (C=O) groups excluding carboxylic acids is 1. The maximum atomic E-state index is 13.1. The molecular formula is C22H21N5O3. The summed E-state index contributed by atoms with van der Waals surface area (Å²) in [5, 5.41) is 7.43. The maximum absolute atomic E-state index is 13.1. The van der Waals surface area contributed by atoms with Crippen LogP contribution in [0.1, 0.15) is 30.5 Å². The zero-order valence-electron chi connectivity index (χ0n) is 16.6. The minimum Gasteiger partial charge on any atom is -0.463 e. The first-order valence-corrected chi connectivity index (χ1v) is 9.63. The Morgan fingerprint density at radius 1 is 1.20 bits per heavy atom. The standard InChI is InChI=1S/C22H21N5O3/c1-3-16(15-8-5-4-6-9-15)21(29)24-19-13-17(18-10-7-11-30-18)26-27(19)22-23-14(2)12-20(28)25-22/h4-13,16H,3H2,1-2H3,(H,24,29)(H,23,25,28). The van der Waals surface area contributed by atoms with Gasteiger partial charge in [-0.2, -0.15) is 9.78 Å². The Kier molecular flexibility index (Phi) is 5.30. The summed E-state index contributed by atoms with van der Waals surface area (Å²) in [7, 11) is 0. The molecule has 0 bridgehead atoms. The molecule has 0 fully saturated rings. The number of furan rings is 1. The summed E-state index contributed by atoms with van der Waals surface area (Å²) in [4.78, 5) is 32.1. The molecule has 8 heteroatoms. The molecule has 0 aliphatic heterocycles. The molecule has 1 atom stereocenters. The summed E-state index contributed by atoms with van der Waals surface area (Å²) in [6.07, 6.45) is 2.18. The lowest BCUT2D eigenvalue weighted by molar-refractivity contribution is -0.117. The van der Waals surface area contributed by atoms with E-state index in [1.165, 1.54) is 10.7 Å². The first-order chi connectivity index (χ1) is 14.5. The van der Waals surface area contributed by atoms with E-state index < -0.39 is 0 Å². The molecule has 0 aliphatic carbocycles. The van der Waals surface area contributed by atoms with Gasteiger partial charge in [-0.15, -0.1) is 0 Å². The zero-order valence-corrected chi connectivity index (χ0v) is 16.6. The molecule has 1 unspecified atom stereocenters.